The lowest BCUT2D eigenvalue weighted by molar-refractivity contribution is 0.292. The highest BCUT2D eigenvalue weighted by atomic mass is 16.3. The van der Waals surface area contributed by atoms with Gasteiger partial charge < -0.3 is 14.2 Å². The Morgan fingerprint density at radius 3 is 1.81 bits per heavy atom. The summed E-state index contributed by atoms with van der Waals surface area (Å²) in [6, 6.07) is 28.3. The van der Waals surface area contributed by atoms with Crippen LogP contribution >= 0.6 is 0 Å². The van der Waals surface area contributed by atoms with Crippen molar-refractivity contribution in [2.75, 3.05) is 9.80 Å². The number of furan rings is 1. The molecule has 0 N–H and O–H groups in total. The van der Waals surface area contributed by atoms with Gasteiger partial charge in [0.15, 0.2) is 0 Å². The fourth-order valence-electron chi connectivity index (χ4n) is 11.0. The van der Waals surface area contributed by atoms with E-state index in [9.17, 15) is 0 Å². The number of rotatable bonds is 9. The van der Waals surface area contributed by atoms with Gasteiger partial charge in [0.1, 0.15) is 11.8 Å². The van der Waals surface area contributed by atoms with E-state index < -0.39 is 0 Å². The zero-order valence-electron chi connectivity index (χ0n) is 40.7. The van der Waals surface area contributed by atoms with Gasteiger partial charge in [0.25, 0.3) is 0 Å². The van der Waals surface area contributed by atoms with E-state index in [0.29, 0.717) is 5.92 Å². The first-order valence-electron chi connectivity index (χ1n) is 23.2. The summed E-state index contributed by atoms with van der Waals surface area (Å²) in [5.41, 5.74) is 20.0. The SMILES string of the molecule is C=C(C)/C(=C(C)\C=C\C)c1cccc(N(C2=CC(C)(C)[C@H]2C)c2cc(C)cc(N(c3ccc4c(c3)C(C)(C)CCC4(C)C)c3coc4cc5c(cc34)C(C)(C)CCC5(C)C)c2)c1. The van der Waals surface area contributed by atoms with Gasteiger partial charge in [-0.05, 0) is 180 Å². The molecule has 0 bridgehead atoms. The molecular formula is C59H72N2O. The number of hydrogen-bond donors (Lipinski definition) is 0. The molecule has 0 saturated carbocycles. The molecule has 3 heteroatoms. The number of benzene rings is 4. The molecule has 1 aromatic heterocycles. The lowest BCUT2D eigenvalue weighted by atomic mass is 9.63. The molecule has 0 radical (unpaired) electrons. The first-order chi connectivity index (χ1) is 29.0. The maximum atomic E-state index is 6.68. The van der Waals surface area contributed by atoms with Gasteiger partial charge in [0.05, 0.1) is 5.69 Å². The topological polar surface area (TPSA) is 19.6 Å². The third kappa shape index (κ3) is 7.42. The summed E-state index contributed by atoms with van der Waals surface area (Å²) in [4.78, 5) is 5.01. The van der Waals surface area contributed by atoms with E-state index in [0.717, 1.165) is 64.2 Å². The van der Waals surface area contributed by atoms with Crippen molar-refractivity contribution in [2.45, 2.75) is 151 Å². The molecule has 1 heterocycles. The van der Waals surface area contributed by atoms with E-state index in [1.807, 2.05) is 6.26 Å². The van der Waals surface area contributed by atoms with Gasteiger partial charge in [-0.2, -0.15) is 0 Å². The molecule has 62 heavy (non-hydrogen) atoms. The van der Waals surface area contributed by atoms with Crippen LogP contribution in [0.4, 0.5) is 28.4 Å². The van der Waals surface area contributed by atoms with Crippen molar-refractivity contribution in [1.29, 1.82) is 0 Å². The Balaban J connectivity index is 1.38. The van der Waals surface area contributed by atoms with E-state index in [4.69, 9.17) is 4.42 Å². The highest BCUT2D eigenvalue weighted by Crippen LogP contribution is 2.54. The van der Waals surface area contributed by atoms with Gasteiger partial charge >= 0.3 is 0 Å². The summed E-state index contributed by atoms with van der Waals surface area (Å²) in [7, 11) is 0. The zero-order valence-corrected chi connectivity index (χ0v) is 40.7. The van der Waals surface area contributed by atoms with Gasteiger partial charge in [-0.1, -0.05) is 125 Å². The Labute approximate surface area is 374 Å². The second-order valence-corrected chi connectivity index (χ2v) is 22.5. The Morgan fingerprint density at radius 2 is 1.23 bits per heavy atom. The summed E-state index contributed by atoms with van der Waals surface area (Å²) in [5.74, 6) is 0.356. The largest absolute Gasteiger partial charge is 0.462 e. The lowest BCUT2D eigenvalue weighted by Crippen LogP contribution is -2.38. The molecule has 0 unspecified atom stereocenters. The number of fused-ring (bicyclic) bond motifs is 3. The summed E-state index contributed by atoms with van der Waals surface area (Å²) in [5, 5.41) is 1.16. The smallest absolute Gasteiger partial charge is 0.136 e. The van der Waals surface area contributed by atoms with Crippen LogP contribution in [0.5, 0.6) is 0 Å². The van der Waals surface area contributed by atoms with E-state index in [1.54, 1.807) is 0 Å². The number of aryl methyl sites for hydroxylation is 1. The van der Waals surface area contributed by atoms with Crippen molar-refractivity contribution in [3.63, 3.8) is 0 Å². The maximum Gasteiger partial charge on any atom is 0.136 e. The predicted molar refractivity (Wildman–Crippen MR) is 268 cm³/mol. The van der Waals surface area contributed by atoms with Crippen LogP contribution in [0.1, 0.15) is 156 Å². The van der Waals surface area contributed by atoms with Crippen LogP contribution in [-0.4, -0.2) is 0 Å². The quantitative estimate of drug-likeness (QED) is 0.138. The first-order valence-corrected chi connectivity index (χ1v) is 23.2. The highest BCUT2D eigenvalue weighted by Gasteiger charge is 2.42. The molecule has 324 valence electrons. The molecule has 3 nitrogen and oxygen atoms in total. The van der Waals surface area contributed by atoms with Crippen LogP contribution in [0.3, 0.4) is 0 Å². The zero-order chi connectivity index (χ0) is 44.9. The fourth-order valence-corrected chi connectivity index (χ4v) is 11.0. The van der Waals surface area contributed by atoms with Crippen molar-refractivity contribution in [3.8, 4) is 0 Å². The van der Waals surface area contributed by atoms with Crippen LogP contribution in [0.25, 0.3) is 16.5 Å². The van der Waals surface area contributed by atoms with Crippen LogP contribution in [0.2, 0.25) is 0 Å². The minimum Gasteiger partial charge on any atom is -0.462 e. The van der Waals surface area contributed by atoms with E-state index in [2.05, 4.69) is 211 Å². The molecule has 8 rings (SSSR count). The van der Waals surface area contributed by atoms with Crippen molar-refractivity contribution in [3.05, 3.63) is 154 Å². The van der Waals surface area contributed by atoms with Gasteiger partial charge in [-0.15, -0.1) is 0 Å². The third-order valence-electron chi connectivity index (χ3n) is 15.4. The molecule has 5 aromatic rings. The molecule has 0 fully saturated rings. The average molecular weight is 825 g/mol. The first kappa shape index (κ1) is 43.6. The monoisotopic (exact) mass is 825 g/mol. The van der Waals surface area contributed by atoms with Gasteiger partial charge in [-0.25, -0.2) is 0 Å². The standard InChI is InChI=1S/C59H72N2O/c1-17-19-39(5)54(37(2)3)41-20-18-21-42(30-41)60(51-35-59(15,16)40(51)6)44-28-38(4)29-45(31-44)61(43-22-23-47-48(32-43)56(9,10)25-24-55(47,7)8)52-36-62-53-34-50-49(33-46(52)53)57(11,12)26-27-58(50,13)14/h17-23,28-36,40H,2,24-27H2,1,3-16H3/b19-17+,54-39+/t40-/m0/s1. The Hall–Kier alpha value is -5.02. The minimum atomic E-state index is 0.0568. The molecular weight excluding hydrogens is 753 g/mol. The Kier molecular flexibility index (Phi) is 10.6. The second-order valence-electron chi connectivity index (χ2n) is 22.5. The maximum absolute atomic E-state index is 6.68. The third-order valence-corrected chi connectivity index (χ3v) is 15.4. The molecule has 0 amide bonds. The van der Waals surface area contributed by atoms with Crippen molar-refractivity contribution >= 4 is 45.0 Å². The fraction of sp³-hybridized carbons (Fsp3) is 0.424. The number of allylic oxidation sites excluding steroid dienone is 7. The molecule has 0 spiro atoms. The number of hydrogen-bond acceptors (Lipinski definition) is 3. The Bertz CT molecular complexity index is 2700. The minimum absolute atomic E-state index is 0.0568. The molecule has 4 aromatic carbocycles. The van der Waals surface area contributed by atoms with Gasteiger partial charge in [0.2, 0.25) is 0 Å². The van der Waals surface area contributed by atoms with Crippen molar-refractivity contribution in [2.24, 2.45) is 11.3 Å². The summed E-state index contributed by atoms with van der Waals surface area (Å²) in [6.07, 6.45) is 13.5. The van der Waals surface area contributed by atoms with Crippen molar-refractivity contribution < 1.29 is 4.42 Å². The summed E-state index contributed by atoms with van der Waals surface area (Å²) >= 11 is 0. The van der Waals surface area contributed by atoms with Crippen LogP contribution < -0.4 is 9.80 Å². The second kappa shape index (κ2) is 15.1. The van der Waals surface area contributed by atoms with E-state index in [-0.39, 0.29) is 27.1 Å². The van der Waals surface area contributed by atoms with Crippen LogP contribution in [0, 0.1) is 18.3 Å². The molecule has 3 aliphatic carbocycles. The molecule has 1 atom stereocenters. The van der Waals surface area contributed by atoms with Gasteiger partial charge in [-0.3, -0.25) is 0 Å². The van der Waals surface area contributed by atoms with E-state index >= 15 is 0 Å². The van der Waals surface area contributed by atoms with Gasteiger partial charge in [0, 0.05) is 39.8 Å². The van der Waals surface area contributed by atoms with Crippen LogP contribution in [-0.2, 0) is 21.7 Å². The van der Waals surface area contributed by atoms with E-state index in [1.165, 1.54) is 56.6 Å². The summed E-state index contributed by atoms with van der Waals surface area (Å²) in [6.45, 7) is 39.5. The molecule has 0 saturated heterocycles. The highest BCUT2D eigenvalue weighted by molar-refractivity contribution is 5.98. The van der Waals surface area contributed by atoms with Crippen LogP contribution in [0.15, 0.2) is 125 Å². The molecule has 3 aliphatic rings. The Morgan fingerprint density at radius 1 is 0.661 bits per heavy atom. The molecule has 0 aliphatic heterocycles. The predicted octanol–water partition coefficient (Wildman–Crippen LogP) is 17.5. The average Bonchev–Trinajstić information content (AvgIpc) is 3.60. The lowest BCUT2D eigenvalue weighted by Gasteiger charge is -2.46. The normalized spacial score (nSPS) is 20.8. The number of anilines is 5. The summed E-state index contributed by atoms with van der Waals surface area (Å²) < 4.78 is 6.68. The number of nitrogens with zero attached hydrogens (tertiary/aromatic N) is 2. The van der Waals surface area contributed by atoms with Crippen molar-refractivity contribution in [1.82, 2.24) is 0 Å².